The fraction of sp³-hybridized carbons (Fsp3) is 0.167. The third-order valence-electron chi connectivity index (χ3n) is 6.26. The van der Waals surface area contributed by atoms with Crippen molar-refractivity contribution in [2.75, 3.05) is 11.9 Å². The first-order valence-electron chi connectivity index (χ1n) is 10.2. The fourth-order valence-corrected chi connectivity index (χ4v) is 7.27. The minimum absolute atomic E-state index is 0.0187. The summed E-state index contributed by atoms with van der Waals surface area (Å²) in [6.07, 6.45) is 0. The molecule has 2 atom stereocenters. The van der Waals surface area contributed by atoms with Gasteiger partial charge in [0.25, 0.3) is 15.9 Å². The topological polar surface area (TPSA) is 69.7 Å². The number of carbonyl (C=O) groups excluding carboxylic acids is 1. The molecule has 0 saturated carbocycles. The summed E-state index contributed by atoms with van der Waals surface area (Å²) in [5, 5.41) is 3.13. The van der Waals surface area contributed by atoms with Gasteiger partial charge in [-0.25, -0.2) is 12.7 Å². The number of aryl methyl sites for hydroxylation is 1. The lowest BCUT2D eigenvalue weighted by molar-refractivity contribution is -0.124. The average Bonchev–Trinajstić information content (AvgIpc) is 3.22. The Morgan fingerprint density at radius 1 is 1.00 bits per heavy atom. The number of likely N-dealkylation sites (N-methyl/N-ethyl adjacent to an activating group) is 1. The molecular weight excluding hydrogens is 522 g/mol. The summed E-state index contributed by atoms with van der Waals surface area (Å²) < 4.78 is 29.8. The minimum Gasteiger partial charge on any atom is -0.342 e. The summed E-state index contributed by atoms with van der Waals surface area (Å²) in [4.78, 5) is 15.5. The Bertz CT molecular complexity index is 1410. The average molecular weight is 542 g/mol. The lowest BCUT2D eigenvalue weighted by Crippen LogP contribution is -2.50. The Morgan fingerprint density at radius 3 is 2.33 bits per heavy atom. The molecule has 2 heterocycles. The highest BCUT2D eigenvalue weighted by Gasteiger charge is 2.64. The molecule has 1 saturated heterocycles. The molecule has 33 heavy (non-hydrogen) atoms. The second-order valence-electron chi connectivity index (χ2n) is 8.16. The maximum absolute atomic E-state index is 13.9. The molecule has 168 valence electrons. The number of thiocarbonyl (C=S) groups is 1. The third kappa shape index (κ3) is 3.06. The Morgan fingerprint density at radius 2 is 1.64 bits per heavy atom. The van der Waals surface area contributed by atoms with E-state index in [9.17, 15) is 13.2 Å². The third-order valence-corrected chi connectivity index (χ3v) is 9.17. The van der Waals surface area contributed by atoms with E-state index in [4.69, 9.17) is 12.2 Å². The van der Waals surface area contributed by atoms with Gasteiger partial charge in [-0.3, -0.25) is 4.79 Å². The fourth-order valence-electron chi connectivity index (χ4n) is 4.69. The highest BCUT2D eigenvalue weighted by atomic mass is 79.9. The van der Waals surface area contributed by atoms with Crippen molar-refractivity contribution in [3.05, 3.63) is 94.0 Å². The molecule has 0 unspecified atom stereocenters. The molecule has 1 spiro atoms. The van der Waals surface area contributed by atoms with Gasteiger partial charge < -0.3 is 10.2 Å². The van der Waals surface area contributed by atoms with Gasteiger partial charge in [0.15, 0.2) is 10.7 Å². The van der Waals surface area contributed by atoms with Crippen molar-refractivity contribution in [3.63, 3.8) is 0 Å². The number of hydrogen-bond donors (Lipinski definition) is 1. The van der Waals surface area contributed by atoms with Crippen LogP contribution in [-0.2, 0) is 20.4 Å². The largest absolute Gasteiger partial charge is 0.342 e. The van der Waals surface area contributed by atoms with Crippen LogP contribution < -0.4 is 10.2 Å². The molecule has 3 aromatic rings. The Kier molecular flexibility index (Phi) is 5.11. The van der Waals surface area contributed by atoms with E-state index in [1.807, 2.05) is 55.5 Å². The maximum atomic E-state index is 13.9. The van der Waals surface area contributed by atoms with Crippen LogP contribution in [0.1, 0.15) is 22.7 Å². The molecule has 0 aromatic heterocycles. The normalized spacial score (nSPS) is 22.1. The monoisotopic (exact) mass is 541 g/mol. The molecule has 0 bridgehead atoms. The van der Waals surface area contributed by atoms with Crippen LogP contribution in [0.2, 0.25) is 0 Å². The number of amides is 1. The highest BCUT2D eigenvalue weighted by Crippen LogP contribution is 2.54. The quantitative estimate of drug-likeness (QED) is 0.502. The van der Waals surface area contributed by atoms with Gasteiger partial charge in [0.1, 0.15) is 6.04 Å². The zero-order valence-electron chi connectivity index (χ0n) is 17.8. The standard InChI is InChI=1S/C24H20BrN3O3S2/c1-15-11-13-16(14-12-15)33(30,31)28-21(17-7-3-5-9-19(17)25)24(26-23(28)32)18-8-4-6-10-20(18)27(2)22(24)29/h3-14,21H,1-2H3,(H,26,32)/t21-,24+/m1/s1. The molecule has 5 rings (SSSR count). The van der Waals surface area contributed by atoms with Crippen LogP contribution in [0.3, 0.4) is 0 Å². The molecule has 6 nitrogen and oxygen atoms in total. The van der Waals surface area contributed by atoms with E-state index in [0.29, 0.717) is 21.3 Å². The number of hydrogen-bond acceptors (Lipinski definition) is 4. The van der Waals surface area contributed by atoms with Gasteiger partial charge >= 0.3 is 0 Å². The second kappa shape index (κ2) is 7.65. The van der Waals surface area contributed by atoms with Crippen LogP contribution >= 0.6 is 28.1 Å². The number of rotatable bonds is 3. The number of carbonyl (C=O) groups is 1. The summed E-state index contributed by atoms with van der Waals surface area (Å²) in [5.74, 6) is -0.270. The van der Waals surface area contributed by atoms with Crippen molar-refractivity contribution in [2.45, 2.75) is 23.4 Å². The number of anilines is 1. The molecule has 1 amide bonds. The van der Waals surface area contributed by atoms with Gasteiger partial charge in [0, 0.05) is 22.8 Å². The van der Waals surface area contributed by atoms with Crippen molar-refractivity contribution >= 4 is 54.9 Å². The summed E-state index contributed by atoms with van der Waals surface area (Å²) >= 11 is 9.19. The van der Waals surface area contributed by atoms with E-state index >= 15 is 0 Å². The number of halogens is 1. The van der Waals surface area contributed by atoms with Crippen LogP contribution in [0.25, 0.3) is 0 Å². The summed E-state index contributed by atoms with van der Waals surface area (Å²) in [6.45, 7) is 1.89. The van der Waals surface area contributed by atoms with Gasteiger partial charge in [0.2, 0.25) is 0 Å². The van der Waals surface area contributed by atoms with Crippen LogP contribution in [0.5, 0.6) is 0 Å². The summed E-state index contributed by atoms with van der Waals surface area (Å²) in [7, 11) is -2.40. The number of fused-ring (bicyclic) bond motifs is 2. The van der Waals surface area contributed by atoms with Gasteiger partial charge in [-0.2, -0.15) is 0 Å². The first-order valence-corrected chi connectivity index (χ1v) is 12.9. The number of nitrogens with zero attached hydrogens (tertiary/aromatic N) is 2. The zero-order chi connectivity index (χ0) is 23.5. The van der Waals surface area contributed by atoms with Crippen molar-refractivity contribution in [2.24, 2.45) is 0 Å². The SMILES string of the molecule is Cc1ccc(S(=O)(=O)N2C(=S)N[C@]3(C(=O)N(C)c4ccccc43)[C@H]2c2ccccc2Br)cc1. The first-order chi connectivity index (χ1) is 15.7. The molecule has 3 aromatic carbocycles. The van der Waals surface area contributed by atoms with Crippen LogP contribution in [0, 0.1) is 6.92 Å². The smallest absolute Gasteiger partial charge is 0.266 e. The van der Waals surface area contributed by atoms with Gasteiger partial charge in [-0.15, -0.1) is 0 Å². The van der Waals surface area contributed by atoms with Crippen LogP contribution in [0.4, 0.5) is 5.69 Å². The molecule has 1 fully saturated rings. The summed E-state index contributed by atoms with van der Waals surface area (Å²) in [5.41, 5.74) is 1.58. The Balaban J connectivity index is 1.80. The van der Waals surface area contributed by atoms with E-state index in [1.54, 1.807) is 36.2 Å². The van der Waals surface area contributed by atoms with E-state index in [-0.39, 0.29) is 15.9 Å². The zero-order valence-corrected chi connectivity index (χ0v) is 21.0. The van der Waals surface area contributed by atoms with Crippen molar-refractivity contribution < 1.29 is 13.2 Å². The molecule has 0 aliphatic carbocycles. The Labute approximate surface area is 206 Å². The molecule has 2 aliphatic heterocycles. The van der Waals surface area contributed by atoms with Crippen LogP contribution in [0.15, 0.2) is 82.2 Å². The van der Waals surface area contributed by atoms with E-state index in [1.165, 1.54) is 4.31 Å². The van der Waals surface area contributed by atoms with Gasteiger partial charge in [-0.1, -0.05) is 70.0 Å². The number of sulfonamides is 1. The predicted molar refractivity (Wildman–Crippen MR) is 134 cm³/mol. The highest BCUT2D eigenvalue weighted by molar-refractivity contribution is 9.10. The summed E-state index contributed by atoms with van der Waals surface area (Å²) in [6, 6.07) is 20.4. The minimum atomic E-state index is -4.09. The van der Waals surface area contributed by atoms with E-state index in [2.05, 4.69) is 21.2 Å². The van der Waals surface area contributed by atoms with E-state index in [0.717, 1.165) is 5.56 Å². The van der Waals surface area contributed by atoms with Gasteiger partial charge in [-0.05, 0) is 49.0 Å². The van der Waals surface area contributed by atoms with Crippen molar-refractivity contribution in [1.29, 1.82) is 0 Å². The number of benzene rings is 3. The number of nitrogens with one attached hydrogen (secondary N) is 1. The predicted octanol–water partition coefficient (Wildman–Crippen LogP) is 4.25. The van der Waals surface area contributed by atoms with Crippen molar-refractivity contribution in [1.82, 2.24) is 9.62 Å². The molecule has 0 radical (unpaired) electrons. The molecular formula is C24H20BrN3O3S2. The second-order valence-corrected chi connectivity index (χ2v) is 11.2. The Hall–Kier alpha value is -2.75. The van der Waals surface area contributed by atoms with Gasteiger partial charge in [0.05, 0.1) is 4.90 Å². The maximum Gasteiger partial charge on any atom is 0.266 e. The number of para-hydroxylation sites is 1. The molecule has 1 N–H and O–H groups in total. The van der Waals surface area contributed by atoms with Crippen LogP contribution in [-0.4, -0.2) is 30.8 Å². The molecule has 2 aliphatic rings. The molecule has 9 heteroatoms. The lowest BCUT2D eigenvalue weighted by Gasteiger charge is -2.33. The lowest BCUT2D eigenvalue weighted by atomic mass is 9.81. The van der Waals surface area contributed by atoms with E-state index < -0.39 is 21.6 Å². The van der Waals surface area contributed by atoms with Crippen molar-refractivity contribution in [3.8, 4) is 0 Å². The first kappa shape index (κ1) is 22.1.